The van der Waals surface area contributed by atoms with Crippen molar-refractivity contribution in [2.45, 2.75) is 12.5 Å². The molecule has 1 amide bonds. The molecule has 0 aliphatic carbocycles. The Bertz CT molecular complexity index is 678. The summed E-state index contributed by atoms with van der Waals surface area (Å²) in [5, 5.41) is 11.3. The molecule has 0 bridgehead atoms. The number of thiocarbonyl (C=S) groups is 1. The van der Waals surface area contributed by atoms with Crippen molar-refractivity contribution in [1.29, 1.82) is 0 Å². The average Bonchev–Trinajstić information content (AvgIpc) is 2.75. The van der Waals surface area contributed by atoms with Gasteiger partial charge in [-0.2, -0.15) is 11.8 Å². The Morgan fingerprint density at radius 2 is 2.30 bits per heavy atom. The van der Waals surface area contributed by atoms with Crippen molar-refractivity contribution < 1.29 is 19.1 Å². The minimum Gasteiger partial charge on any atom is -0.548 e. The van der Waals surface area contributed by atoms with Gasteiger partial charge < -0.3 is 9.90 Å². The molecule has 1 saturated heterocycles. The number of aliphatic carboxylic acids is 1. The monoisotopic (exact) mass is 370 g/mol. The fourth-order valence-electron chi connectivity index (χ4n) is 2.08. The molecule has 0 unspecified atom stereocenters. The third kappa shape index (κ3) is 4.33. The molecule has 8 heteroatoms. The molecule has 122 valence electrons. The van der Waals surface area contributed by atoms with Gasteiger partial charge in [0, 0.05) is 0 Å². The fourth-order valence-corrected chi connectivity index (χ4v) is 3.89. The van der Waals surface area contributed by atoms with E-state index < -0.39 is 23.7 Å². The second-order valence-electron chi connectivity index (χ2n) is 4.72. The molecule has 0 aromatic heterocycles. The van der Waals surface area contributed by atoms with Gasteiger partial charge in [0.1, 0.15) is 10.1 Å². The first-order valence-electron chi connectivity index (χ1n) is 6.66. The Hall–Kier alpha value is -1.38. The maximum atomic E-state index is 13.2. The number of carbonyl (C=O) groups excluding carboxylic acids is 2. The van der Waals surface area contributed by atoms with Crippen LogP contribution in [0.1, 0.15) is 12.0 Å². The van der Waals surface area contributed by atoms with Crippen molar-refractivity contribution in [3.05, 3.63) is 40.6 Å². The zero-order valence-corrected chi connectivity index (χ0v) is 14.6. The second-order valence-corrected chi connectivity index (χ2v) is 7.38. The van der Waals surface area contributed by atoms with Gasteiger partial charge >= 0.3 is 0 Å². The van der Waals surface area contributed by atoms with Gasteiger partial charge in [0.25, 0.3) is 5.91 Å². The predicted octanol–water partition coefficient (Wildman–Crippen LogP) is 1.90. The summed E-state index contributed by atoms with van der Waals surface area (Å²) in [5.74, 6) is -1.66. The van der Waals surface area contributed by atoms with Gasteiger partial charge in [-0.1, -0.05) is 36.1 Å². The van der Waals surface area contributed by atoms with Gasteiger partial charge in [-0.3, -0.25) is 9.69 Å². The minimum atomic E-state index is -1.33. The van der Waals surface area contributed by atoms with Crippen molar-refractivity contribution >= 4 is 58.0 Å². The predicted molar refractivity (Wildman–Crippen MR) is 93.2 cm³/mol. The first-order chi connectivity index (χ1) is 10.9. The van der Waals surface area contributed by atoms with Crippen LogP contribution in [0, 0.1) is 5.82 Å². The lowest BCUT2D eigenvalue weighted by atomic mass is 10.1. The molecule has 0 spiro atoms. The Kier molecular flexibility index (Phi) is 6.20. The normalized spacial score (nSPS) is 17.8. The minimum absolute atomic E-state index is 0.174. The van der Waals surface area contributed by atoms with Crippen molar-refractivity contribution in [1.82, 2.24) is 4.90 Å². The maximum Gasteiger partial charge on any atom is 0.266 e. The second kappa shape index (κ2) is 7.94. The highest BCUT2D eigenvalue weighted by molar-refractivity contribution is 8.26. The summed E-state index contributed by atoms with van der Waals surface area (Å²) in [4.78, 5) is 25.2. The molecule has 1 fully saturated rings. The van der Waals surface area contributed by atoms with Gasteiger partial charge in [-0.15, -0.1) is 0 Å². The summed E-state index contributed by atoms with van der Waals surface area (Å²) in [7, 11) is 0. The molecule has 0 radical (unpaired) electrons. The molecular formula is C15H13FNO3S3-. The van der Waals surface area contributed by atoms with Crippen molar-refractivity contribution in [2.24, 2.45) is 0 Å². The van der Waals surface area contributed by atoms with Crippen LogP contribution in [0.4, 0.5) is 4.39 Å². The zero-order chi connectivity index (χ0) is 17.0. The number of rotatable bonds is 6. The number of benzene rings is 1. The first kappa shape index (κ1) is 18.0. The van der Waals surface area contributed by atoms with Crippen LogP contribution >= 0.6 is 35.7 Å². The van der Waals surface area contributed by atoms with Gasteiger partial charge in [0.05, 0.1) is 16.9 Å². The van der Waals surface area contributed by atoms with Gasteiger partial charge in [-0.25, -0.2) is 4.39 Å². The number of nitrogens with zero attached hydrogens (tertiary/aromatic N) is 1. The third-order valence-electron chi connectivity index (χ3n) is 3.15. The van der Waals surface area contributed by atoms with E-state index in [2.05, 4.69) is 0 Å². The van der Waals surface area contributed by atoms with E-state index in [-0.39, 0.29) is 15.6 Å². The van der Waals surface area contributed by atoms with E-state index in [9.17, 15) is 19.1 Å². The Morgan fingerprint density at radius 3 is 2.91 bits per heavy atom. The number of hydrogen-bond acceptors (Lipinski definition) is 6. The number of carboxylic acids is 1. The average molecular weight is 370 g/mol. The number of hydrogen-bond donors (Lipinski definition) is 0. The van der Waals surface area contributed by atoms with Crippen molar-refractivity contribution in [3.8, 4) is 0 Å². The number of carboxylic acid groups (broad SMARTS) is 1. The summed E-state index contributed by atoms with van der Waals surface area (Å²) in [6.07, 6.45) is 3.60. The van der Waals surface area contributed by atoms with Gasteiger partial charge in [0.15, 0.2) is 0 Å². The molecule has 4 nitrogen and oxygen atoms in total. The van der Waals surface area contributed by atoms with E-state index in [0.29, 0.717) is 11.3 Å². The van der Waals surface area contributed by atoms with Crippen LogP contribution in [0.25, 0.3) is 6.08 Å². The number of carbonyl (C=O) groups is 2. The molecule has 2 rings (SSSR count). The van der Waals surface area contributed by atoms with E-state index in [1.165, 1.54) is 36.0 Å². The zero-order valence-electron chi connectivity index (χ0n) is 12.2. The molecule has 0 saturated carbocycles. The molecule has 1 aliphatic rings. The van der Waals surface area contributed by atoms with E-state index in [0.717, 1.165) is 16.7 Å². The van der Waals surface area contributed by atoms with E-state index in [1.54, 1.807) is 6.07 Å². The molecule has 0 N–H and O–H groups in total. The topological polar surface area (TPSA) is 60.4 Å². The van der Waals surface area contributed by atoms with E-state index >= 15 is 0 Å². The summed E-state index contributed by atoms with van der Waals surface area (Å²) >= 11 is 7.63. The highest BCUT2D eigenvalue weighted by Gasteiger charge is 2.37. The van der Waals surface area contributed by atoms with Crippen LogP contribution in [0.5, 0.6) is 0 Å². The number of thioether (sulfide) groups is 2. The maximum absolute atomic E-state index is 13.2. The van der Waals surface area contributed by atoms with Gasteiger partial charge in [0.2, 0.25) is 0 Å². The quantitative estimate of drug-likeness (QED) is 0.563. The SMILES string of the molecule is CSCC[C@@H](C(=O)[O-])N1C(=O)C(=Cc2cccc(F)c2)SC1=S. The van der Waals surface area contributed by atoms with E-state index in [1.807, 2.05) is 6.26 Å². The lowest BCUT2D eigenvalue weighted by Gasteiger charge is -2.27. The standard InChI is InChI=1S/C15H14FNO3S3/c1-22-6-5-11(14(19)20)17-13(18)12(23-15(17)21)8-9-3-2-4-10(16)7-9/h2-4,7-8,11H,5-6H2,1H3,(H,19,20)/p-1/t11-/m0/s1. The van der Waals surface area contributed by atoms with Crippen molar-refractivity contribution in [3.63, 3.8) is 0 Å². The largest absolute Gasteiger partial charge is 0.548 e. The Labute approximate surface area is 147 Å². The highest BCUT2D eigenvalue weighted by atomic mass is 32.2. The number of amides is 1. The summed E-state index contributed by atoms with van der Waals surface area (Å²) in [6, 6.07) is 4.69. The highest BCUT2D eigenvalue weighted by Crippen LogP contribution is 2.34. The first-order valence-corrected chi connectivity index (χ1v) is 9.28. The van der Waals surface area contributed by atoms with Crippen LogP contribution in [0.2, 0.25) is 0 Å². The van der Waals surface area contributed by atoms with Gasteiger partial charge in [-0.05, 0) is 42.2 Å². The smallest absolute Gasteiger partial charge is 0.266 e. The molecular weight excluding hydrogens is 357 g/mol. The lowest BCUT2D eigenvalue weighted by molar-refractivity contribution is -0.310. The fraction of sp³-hybridized carbons (Fsp3) is 0.267. The molecule has 1 aromatic carbocycles. The third-order valence-corrected chi connectivity index (χ3v) is 5.12. The molecule has 1 aliphatic heterocycles. The summed E-state index contributed by atoms with van der Waals surface area (Å²) in [5.41, 5.74) is 0.514. The van der Waals surface area contributed by atoms with Crippen LogP contribution in [0.3, 0.4) is 0 Å². The number of halogens is 1. The Morgan fingerprint density at radius 1 is 1.57 bits per heavy atom. The molecule has 1 aromatic rings. The van der Waals surface area contributed by atoms with E-state index in [4.69, 9.17) is 12.2 Å². The van der Waals surface area contributed by atoms with Crippen LogP contribution < -0.4 is 5.11 Å². The Balaban J connectivity index is 2.26. The van der Waals surface area contributed by atoms with Crippen molar-refractivity contribution in [2.75, 3.05) is 12.0 Å². The van der Waals surface area contributed by atoms with Crippen LogP contribution in [0.15, 0.2) is 29.2 Å². The molecule has 1 heterocycles. The lowest BCUT2D eigenvalue weighted by Crippen LogP contribution is -2.50. The van der Waals surface area contributed by atoms with Crippen LogP contribution in [-0.4, -0.2) is 39.1 Å². The molecule has 1 atom stereocenters. The summed E-state index contributed by atoms with van der Waals surface area (Å²) < 4.78 is 13.4. The molecule has 23 heavy (non-hydrogen) atoms. The summed E-state index contributed by atoms with van der Waals surface area (Å²) in [6.45, 7) is 0. The van der Waals surface area contributed by atoms with Crippen LogP contribution in [-0.2, 0) is 9.59 Å².